The third-order valence-electron chi connectivity index (χ3n) is 2.15. The molecule has 1 aromatic carbocycles. The van der Waals surface area contributed by atoms with Gasteiger partial charge in [-0.3, -0.25) is 4.18 Å². The van der Waals surface area contributed by atoms with Gasteiger partial charge in [0.25, 0.3) is 10.1 Å². The Morgan fingerprint density at radius 3 is 2.41 bits per heavy atom. The Morgan fingerprint density at radius 2 is 1.94 bits per heavy atom. The molecule has 0 aliphatic heterocycles. The molecule has 1 rings (SSSR count). The number of benzene rings is 1. The van der Waals surface area contributed by atoms with Gasteiger partial charge in [0.05, 0.1) is 11.5 Å². The molecule has 17 heavy (non-hydrogen) atoms. The lowest BCUT2D eigenvalue weighted by atomic mass is 10.1. The van der Waals surface area contributed by atoms with Crippen LogP contribution in [-0.2, 0) is 14.3 Å². The van der Waals surface area contributed by atoms with E-state index in [9.17, 15) is 13.5 Å². The number of aliphatic hydroxyl groups excluding tert-OH is 1. The molecule has 94 valence electrons. The summed E-state index contributed by atoms with van der Waals surface area (Å²) in [6.45, 7) is 2.05. The highest BCUT2D eigenvalue weighted by atomic mass is 32.2. The molecule has 0 radical (unpaired) electrons. The highest BCUT2D eigenvalue weighted by Gasteiger charge is 2.26. The first kappa shape index (κ1) is 13.9. The van der Waals surface area contributed by atoms with Gasteiger partial charge in [0.15, 0.2) is 0 Å². The van der Waals surface area contributed by atoms with Crippen LogP contribution in [0.2, 0.25) is 0 Å². The first-order chi connectivity index (χ1) is 7.93. The molecular weight excluding hydrogens is 244 g/mol. The van der Waals surface area contributed by atoms with Crippen LogP contribution in [0, 0.1) is 0 Å². The fraction of sp³-hybridized carbons (Fsp3) is 0.273. The normalized spacial score (nSPS) is 15.2. The summed E-state index contributed by atoms with van der Waals surface area (Å²) in [5, 5.41) is 18.4. The van der Waals surface area contributed by atoms with E-state index in [4.69, 9.17) is 5.11 Å². The Hall–Kier alpha value is -1.21. The molecule has 0 spiro atoms. The van der Waals surface area contributed by atoms with Crippen molar-refractivity contribution in [1.82, 2.24) is 0 Å². The van der Waals surface area contributed by atoms with Gasteiger partial charge >= 0.3 is 0 Å². The molecule has 0 aliphatic rings. The molecule has 0 saturated heterocycles. The summed E-state index contributed by atoms with van der Waals surface area (Å²) >= 11 is 0. The van der Waals surface area contributed by atoms with E-state index in [1.807, 2.05) is 0 Å². The lowest BCUT2D eigenvalue weighted by Gasteiger charge is -2.20. The topological polar surface area (TPSA) is 83.8 Å². The average molecular weight is 258 g/mol. The van der Waals surface area contributed by atoms with E-state index in [-0.39, 0.29) is 4.90 Å². The predicted molar refractivity (Wildman–Crippen MR) is 61.8 cm³/mol. The van der Waals surface area contributed by atoms with Crippen molar-refractivity contribution in [2.45, 2.75) is 10.5 Å². The maximum atomic E-state index is 11.7. The van der Waals surface area contributed by atoms with Crippen molar-refractivity contribution in [3.63, 3.8) is 0 Å². The molecule has 0 heterocycles. The Bertz CT molecular complexity index is 468. The molecule has 2 N–H and O–H groups in total. The second kappa shape index (κ2) is 5.42. The van der Waals surface area contributed by atoms with Crippen LogP contribution in [0.15, 0.2) is 47.9 Å². The second-order valence-corrected chi connectivity index (χ2v) is 5.11. The molecule has 6 heteroatoms. The summed E-state index contributed by atoms with van der Waals surface area (Å²) in [5.74, 6) is 0. The summed E-state index contributed by atoms with van der Waals surface area (Å²) in [6.07, 6.45) is 1.04. The predicted octanol–water partition coefficient (Wildman–Crippen LogP) is 0.301. The number of hydrogen-bond donors (Lipinski definition) is 2. The van der Waals surface area contributed by atoms with E-state index in [2.05, 4.69) is 10.8 Å². The molecule has 0 aromatic heterocycles. The fourth-order valence-corrected chi connectivity index (χ4v) is 1.99. The van der Waals surface area contributed by atoms with Crippen LogP contribution in [0.5, 0.6) is 0 Å². The van der Waals surface area contributed by atoms with E-state index in [0.717, 1.165) is 6.08 Å². The van der Waals surface area contributed by atoms with Gasteiger partial charge in [0.1, 0.15) is 12.2 Å². The first-order valence-electron chi connectivity index (χ1n) is 4.85. The largest absolute Gasteiger partial charge is 0.393 e. The van der Waals surface area contributed by atoms with Crippen LogP contribution in [-0.4, -0.2) is 37.4 Å². The monoisotopic (exact) mass is 258 g/mol. The van der Waals surface area contributed by atoms with Crippen LogP contribution in [0.1, 0.15) is 0 Å². The lowest BCUT2D eigenvalue weighted by molar-refractivity contribution is -0.00720. The zero-order valence-corrected chi connectivity index (χ0v) is 9.93. The van der Waals surface area contributed by atoms with E-state index in [1.165, 1.54) is 12.1 Å². The molecule has 1 atom stereocenters. The number of hydrogen-bond acceptors (Lipinski definition) is 5. The van der Waals surface area contributed by atoms with Crippen molar-refractivity contribution >= 4 is 10.1 Å². The third kappa shape index (κ3) is 3.64. The van der Waals surface area contributed by atoms with Crippen LogP contribution >= 0.6 is 0 Å². The molecule has 0 fully saturated rings. The Kier molecular flexibility index (Phi) is 4.41. The van der Waals surface area contributed by atoms with Gasteiger partial charge < -0.3 is 10.2 Å². The smallest absolute Gasteiger partial charge is 0.297 e. The summed E-state index contributed by atoms with van der Waals surface area (Å²) in [5.41, 5.74) is -1.76. The minimum absolute atomic E-state index is 0.00986. The van der Waals surface area contributed by atoms with Crippen LogP contribution in [0.3, 0.4) is 0 Å². The molecular formula is C11H14O5S. The van der Waals surface area contributed by atoms with Gasteiger partial charge in [-0.1, -0.05) is 24.3 Å². The Labute approximate surface area is 100 Å². The number of aliphatic hydroxyl groups is 2. The van der Waals surface area contributed by atoms with Gasteiger partial charge in [-0.05, 0) is 12.1 Å². The van der Waals surface area contributed by atoms with Gasteiger partial charge in [0, 0.05) is 0 Å². The highest BCUT2D eigenvalue weighted by Crippen LogP contribution is 2.14. The maximum Gasteiger partial charge on any atom is 0.297 e. The fourth-order valence-electron chi connectivity index (χ4n) is 1.00. The zero-order valence-electron chi connectivity index (χ0n) is 9.11. The Morgan fingerprint density at radius 1 is 1.35 bits per heavy atom. The summed E-state index contributed by atoms with van der Waals surface area (Å²) < 4.78 is 28.0. The molecule has 0 aliphatic carbocycles. The summed E-state index contributed by atoms with van der Waals surface area (Å²) in [6, 6.07) is 7.54. The van der Waals surface area contributed by atoms with Gasteiger partial charge in [-0.25, -0.2) is 0 Å². The first-order valence-corrected chi connectivity index (χ1v) is 6.26. The standard InChI is InChI=1S/C11H14O5S/c1-2-11(13,8-12)9-16-17(14,15)10-6-4-3-5-7-10/h2-7,12-13H,1,8-9H2/t11-/m1/s1. The van der Waals surface area contributed by atoms with E-state index in [1.54, 1.807) is 18.2 Å². The summed E-state index contributed by atoms with van der Waals surface area (Å²) in [7, 11) is -3.93. The van der Waals surface area contributed by atoms with Crippen molar-refractivity contribution < 1.29 is 22.8 Å². The van der Waals surface area contributed by atoms with Crippen molar-refractivity contribution in [1.29, 1.82) is 0 Å². The molecule has 0 amide bonds. The van der Waals surface area contributed by atoms with Gasteiger partial charge in [-0.2, -0.15) is 8.42 Å². The van der Waals surface area contributed by atoms with E-state index >= 15 is 0 Å². The average Bonchev–Trinajstić information content (AvgIpc) is 2.37. The molecule has 0 unspecified atom stereocenters. The minimum Gasteiger partial charge on any atom is -0.393 e. The lowest BCUT2D eigenvalue weighted by Crippen LogP contribution is -2.37. The number of rotatable bonds is 6. The SMILES string of the molecule is C=C[C@@](O)(CO)COS(=O)(=O)c1ccccc1. The molecule has 0 bridgehead atoms. The van der Waals surface area contributed by atoms with Crippen molar-refractivity contribution in [2.24, 2.45) is 0 Å². The minimum atomic E-state index is -3.93. The quantitative estimate of drug-likeness (QED) is 0.566. The molecule has 1 aromatic rings. The van der Waals surface area contributed by atoms with Crippen molar-refractivity contribution in [3.8, 4) is 0 Å². The van der Waals surface area contributed by atoms with Gasteiger partial charge in [0.2, 0.25) is 0 Å². The Balaban J connectivity index is 2.79. The summed E-state index contributed by atoms with van der Waals surface area (Å²) in [4.78, 5) is -0.00986. The third-order valence-corrected chi connectivity index (χ3v) is 3.43. The molecule has 5 nitrogen and oxygen atoms in total. The second-order valence-electron chi connectivity index (χ2n) is 3.50. The zero-order chi connectivity index (χ0) is 12.9. The maximum absolute atomic E-state index is 11.7. The van der Waals surface area contributed by atoms with Gasteiger partial charge in [-0.15, -0.1) is 6.58 Å². The van der Waals surface area contributed by atoms with Crippen LogP contribution < -0.4 is 0 Å². The van der Waals surface area contributed by atoms with Crippen molar-refractivity contribution in [2.75, 3.05) is 13.2 Å². The van der Waals surface area contributed by atoms with Crippen LogP contribution in [0.25, 0.3) is 0 Å². The van der Waals surface area contributed by atoms with Crippen molar-refractivity contribution in [3.05, 3.63) is 43.0 Å². The van der Waals surface area contributed by atoms with E-state index in [0.29, 0.717) is 0 Å². The highest BCUT2D eigenvalue weighted by molar-refractivity contribution is 7.86. The van der Waals surface area contributed by atoms with E-state index < -0.39 is 28.9 Å². The van der Waals surface area contributed by atoms with Crippen LogP contribution in [0.4, 0.5) is 0 Å². The molecule has 0 saturated carbocycles.